The smallest absolute Gasteiger partial charge is 0.233 e. The summed E-state index contributed by atoms with van der Waals surface area (Å²) in [6, 6.07) is 11.7. The number of carbonyl (C=O) groups is 1. The van der Waals surface area contributed by atoms with E-state index in [2.05, 4.69) is 4.98 Å². The summed E-state index contributed by atoms with van der Waals surface area (Å²) in [5.74, 6) is 0.729. The van der Waals surface area contributed by atoms with Crippen molar-refractivity contribution in [2.45, 2.75) is 11.8 Å². The van der Waals surface area contributed by atoms with Gasteiger partial charge >= 0.3 is 0 Å². The van der Waals surface area contributed by atoms with Crippen LogP contribution in [0.1, 0.15) is 16.5 Å². The standard InChI is InChI=1S/C16H15ClN2OS/c17-14-3-1-2-13(10-14)16-19(15(20)11-21-16)9-6-12-4-7-18-8-5-12/h1-5,7-8,10,16H,6,9,11H2. The maximum atomic E-state index is 12.1. The Kier molecular flexibility index (Phi) is 4.46. The van der Waals surface area contributed by atoms with Gasteiger partial charge in [0, 0.05) is 24.0 Å². The highest BCUT2D eigenvalue weighted by molar-refractivity contribution is 8.00. The Balaban J connectivity index is 1.74. The second-order valence-corrected chi connectivity index (χ2v) is 6.42. The first-order chi connectivity index (χ1) is 10.2. The van der Waals surface area contributed by atoms with Crippen molar-refractivity contribution < 1.29 is 4.79 Å². The number of halogens is 1. The van der Waals surface area contributed by atoms with Crippen LogP contribution in [0.4, 0.5) is 0 Å². The molecule has 0 radical (unpaired) electrons. The lowest BCUT2D eigenvalue weighted by atomic mass is 10.1. The molecule has 1 aliphatic heterocycles. The van der Waals surface area contributed by atoms with Crippen molar-refractivity contribution in [3.63, 3.8) is 0 Å². The molecule has 0 bridgehead atoms. The minimum Gasteiger partial charge on any atom is -0.325 e. The maximum absolute atomic E-state index is 12.1. The highest BCUT2D eigenvalue weighted by Gasteiger charge is 2.32. The lowest BCUT2D eigenvalue weighted by Gasteiger charge is -2.24. The molecule has 0 spiro atoms. The van der Waals surface area contributed by atoms with Gasteiger partial charge < -0.3 is 4.90 Å². The third-order valence-electron chi connectivity index (χ3n) is 3.49. The van der Waals surface area contributed by atoms with Crippen molar-refractivity contribution in [3.8, 4) is 0 Å². The van der Waals surface area contributed by atoms with E-state index in [-0.39, 0.29) is 11.3 Å². The molecular weight excluding hydrogens is 304 g/mol. The van der Waals surface area contributed by atoms with E-state index in [9.17, 15) is 4.79 Å². The molecule has 3 rings (SSSR count). The zero-order valence-electron chi connectivity index (χ0n) is 11.4. The van der Waals surface area contributed by atoms with Gasteiger partial charge in [0.15, 0.2) is 0 Å². The summed E-state index contributed by atoms with van der Waals surface area (Å²) in [4.78, 5) is 18.1. The minimum atomic E-state index is 0.0676. The molecule has 5 heteroatoms. The molecule has 1 aromatic carbocycles. The van der Waals surface area contributed by atoms with Crippen LogP contribution in [0.2, 0.25) is 5.02 Å². The van der Waals surface area contributed by atoms with Crippen LogP contribution in [0.15, 0.2) is 48.8 Å². The fourth-order valence-corrected chi connectivity index (χ4v) is 3.84. The van der Waals surface area contributed by atoms with Crippen molar-refractivity contribution in [2.24, 2.45) is 0 Å². The van der Waals surface area contributed by atoms with Crippen LogP contribution in [-0.2, 0) is 11.2 Å². The Hall–Kier alpha value is -1.52. The van der Waals surface area contributed by atoms with Crippen molar-refractivity contribution in [3.05, 3.63) is 64.9 Å². The largest absolute Gasteiger partial charge is 0.325 e. The van der Waals surface area contributed by atoms with Gasteiger partial charge in [-0.05, 0) is 41.8 Å². The van der Waals surface area contributed by atoms with Crippen LogP contribution in [0.25, 0.3) is 0 Å². The number of benzene rings is 1. The molecule has 3 nitrogen and oxygen atoms in total. The Bertz CT molecular complexity index is 635. The number of carbonyl (C=O) groups excluding carboxylic acids is 1. The zero-order chi connectivity index (χ0) is 14.7. The molecule has 1 atom stereocenters. The molecule has 1 amide bonds. The Morgan fingerprint density at radius 1 is 1.29 bits per heavy atom. The first-order valence-corrected chi connectivity index (χ1v) is 8.22. The molecule has 1 aliphatic rings. The van der Waals surface area contributed by atoms with Gasteiger partial charge in [-0.2, -0.15) is 0 Å². The van der Waals surface area contributed by atoms with Gasteiger partial charge in [-0.25, -0.2) is 0 Å². The van der Waals surface area contributed by atoms with E-state index in [4.69, 9.17) is 11.6 Å². The van der Waals surface area contributed by atoms with E-state index < -0.39 is 0 Å². The molecule has 0 saturated carbocycles. The highest BCUT2D eigenvalue weighted by atomic mass is 35.5. The van der Waals surface area contributed by atoms with Gasteiger partial charge in [0.2, 0.25) is 5.91 Å². The van der Waals surface area contributed by atoms with Crippen molar-refractivity contribution in [2.75, 3.05) is 12.3 Å². The number of nitrogens with zero attached hydrogens (tertiary/aromatic N) is 2. The Morgan fingerprint density at radius 2 is 2.10 bits per heavy atom. The number of hydrogen-bond acceptors (Lipinski definition) is 3. The molecule has 0 aliphatic carbocycles. The van der Waals surface area contributed by atoms with E-state index >= 15 is 0 Å². The predicted molar refractivity (Wildman–Crippen MR) is 86.3 cm³/mol. The average Bonchev–Trinajstić information content (AvgIpc) is 2.87. The third kappa shape index (κ3) is 3.39. The van der Waals surface area contributed by atoms with Crippen LogP contribution in [0, 0.1) is 0 Å². The molecule has 0 N–H and O–H groups in total. The molecular formula is C16H15ClN2OS. The number of hydrogen-bond donors (Lipinski definition) is 0. The van der Waals surface area contributed by atoms with Crippen molar-refractivity contribution >= 4 is 29.3 Å². The predicted octanol–water partition coefficient (Wildman–Crippen LogP) is 3.55. The van der Waals surface area contributed by atoms with Crippen molar-refractivity contribution in [1.82, 2.24) is 9.88 Å². The van der Waals surface area contributed by atoms with Gasteiger partial charge in [-0.15, -0.1) is 11.8 Å². The van der Waals surface area contributed by atoms with E-state index in [1.165, 1.54) is 5.56 Å². The normalized spacial score (nSPS) is 18.2. The van der Waals surface area contributed by atoms with E-state index in [1.54, 1.807) is 24.2 Å². The fraction of sp³-hybridized carbons (Fsp3) is 0.250. The van der Waals surface area contributed by atoms with E-state index in [0.29, 0.717) is 17.3 Å². The second kappa shape index (κ2) is 6.50. The maximum Gasteiger partial charge on any atom is 0.233 e. The number of aromatic nitrogens is 1. The van der Waals surface area contributed by atoms with Gasteiger partial charge in [0.25, 0.3) is 0 Å². The van der Waals surface area contributed by atoms with Crippen LogP contribution < -0.4 is 0 Å². The molecule has 2 aromatic rings. The summed E-state index contributed by atoms with van der Waals surface area (Å²) in [6.07, 6.45) is 4.40. The molecule has 1 aromatic heterocycles. The van der Waals surface area contributed by atoms with E-state index in [0.717, 1.165) is 12.0 Å². The molecule has 108 valence electrons. The molecule has 1 fully saturated rings. The highest BCUT2D eigenvalue weighted by Crippen LogP contribution is 2.39. The minimum absolute atomic E-state index is 0.0676. The summed E-state index contributed by atoms with van der Waals surface area (Å²) in [7, 11) is 0. The quantitative estimate of drug-likeness (QED) is 0.864. The number of thioether (sulfide) groups is 1. The number of amides is 1. The van der Waals surface area contributed by atoms with Gasteiger partial charge in [0.1, 0.15) is 5.37 Å². The summed E-state index contributed by atoms with van der Waals surface area (Å²) in [5.41, 5.74) is 2.28. The first kappa shape index (κ1) is 14.4. The molecule has 2 heterocycles. The van der Waals surface area contributed by atoms with Crippen LogP contribution >= 0.6 is 23.4 Å². The Morgan fingerprint density at radius 3 is 2.86 bits per heavy atom. The third-order valence-corrected chi connectivity index (χ3v) is 4.98. The van der Waals surface area contributed by atoms with Crippen LogP contribution in [-0.4, -0.2) is 28.1 Å². The van der Waals surface area contributed by atoms with Gasteiger partial charge in [-0.1, -0.05) is 23.7 Å². The van der Waals surface area contributed by atoms with Gasteiger partial charge in [-0.3, -0.25) is 9.78 Å². The molecule has 1 unspecified atom stereocenters. The Labute approximate surface area is 133 Å². The van der Waals surface area contributed by atoms with Crippen molar-refractivity contribution in [1.29, 1.82) is 0 Å². The van der Waals surface area contributed by atoms with Gasteiger partial charge in [0.05, 0.1) is 5.75 Å². The summed E-state index contributed by atoms with van der Waals surface area (Å²) < 4.78 is 0. The van der Waals surface area contributed by atoms with E-state index in [1.807, 2.05) is 41.3 Å². The SMILES string of the molecule is O=C1CSC(c2cccc(Cl)c2)N1CCc1ccncc1. The zero-order valence-corrected chi connectivity index (χ0v) is 13.0. The summed E-state index contributed by atoms with van der Waals surface area (Å²) >= 11 is 7.72. The average molecular weight is 319 g/mol. The van der Waals surface area contributed by atoms with Crippen LogP contribution in [0.5, 0.6) is 0 Å². The molecule has 1 saturated heterocycles. The lowest BCUT2D eigenvalue weighted by molar-refractivity contribution is -0.128. The monoisotopic (exact) mass is 318 g/mol. The molecule has 21 heavy (non-hydrogen) atoms. The van der Waals surface area contributed by atoms with Crippen LogP contribution in [0.3, 0.4) is 0 Å². The topological polar surface area (TPSA) is 33.2 Å². The first-order valence-electron chi connectivity index (χ1n) is 6.79. The summed E-state index contributed by atoms with van der Waals surface area (Å²) in [5, 5.41) is 0.777. The second-order valence-electron chi connectivity index (χ2n) is 4.91. The number of rotatable bonds is 4. The lowest BCUT2D eigenvalue weighted by Crippen LogP contribution is -2.30. The summed E-state index contributed by atoms with van der Waals surface area (Å²) in [6.45, 7) is 0.715. The fourth-order valence-electron chi connectivity index (χ4n) is 2.43. The number of pyridine rings is 1.